The molecule has 8 heteroatoms. The van der Waals surface area contributed by atoms with Crippen LogP contribution >= 0.6 is 0 Å². The van der Waals surface area contributed by atoms with Gasteiger partial charge in [-0.05, 0) is 49.2 Å². The number of hydrogen-bond donors (Lipinski definition) is 0. The number of Topliss-reactive ketones (excluding diaryl/α,β-unsaturated/α-hetero) is 1. The lowest BCUT2D eigenvalue weighted by molar-refractivity contribution is -0.200. The molecule has 0 N–H and O–H groups in total. The van der Waals surface area contributed by atoms with Crippen molar-refractivity contribution >= 4 is 23.7 Å². The average molecular weight is 555 g/mol. The summed E-state index contributed by atoms with van der Waals surface area (Å²) in [6, 6.07) is 1.84. The number of methoxy groups -OCH3 is 1. The Morgan fingerprint density at radius 1 is 1.18 bits per heavy atom. The lowest BCUT2D eigenvalue weighted by atomic mass is 9.40. The molecule has 8 nitrogen and oxygen atoms in total. The Hall–Kier alpha value is -2.90. The van der Waals surface area contributed by atoms with Crippen molar-refractivity contribution in [3.8, 4) is 0 Å². The van der Waals surface area contributed by atoms with E-state index < -0.39 is 40.3 Å². The molecule has 8 atom stereocenters. The minimum Gasteiger partial charge on any atom is -0.472 e. The molecule has 3 fully saturated rings. The first-order valence-corrected chi connectivity index (χ1v) is 14.6. The number of rotatable bonds is 6. The van der Waals surface area contributed by atoms with Gasteiger partial charge in [0.25, 0.3) is 0 Å². The molecule has 0 amide bonds. The second-order valence-electron chi connectivity index (χ2n) is 13.4. The van der Waals surface area contributed by atoms with Crippen LogP contribution in [0.25, 0.3) is 0 Å². The quantitative estimate of drug-likeness (QED) is 0.248. The maximum absolute atomic E-state index is 14.5. The first-order chi connectivity index (χ1) is 18.8. The third-order valence-electron chi connectivity index (χ3n) is 11.1. The standard InChI is InChI=1S/C32H42O8/c1-8-17(2)29(36)40-28-20-13-19-21(32(6,26(20)35)23(30(28,3)4)15-24(33)37-7)9-11-31(5)22(19)14-25(34)39-27(31)18-10-12-38-16-18/h10,12,16-17,20-21,23,27-28H,8-9,11,13-15H2,1-7H3/t17-,20+,21?,23+,27+,28-,31-,32-/m1/s1. The fourth-order valence-electron chi connectivity index (χ4n) is 8.60. The number of esters is 3. The Balaban J connectivity index is 1.67. The summed E-state index contributed by atoms with van der Waals surface area (Å²) in [4.78, 5) is 53.4. The number of ketones is 1. The number of carbonyl (C=O) groups excluding carboxylic acids is 4. The van der Waals surface area contributed by atoms with Crippen molar-refractivity contribution < 1.29 is 37.8 Å². The smallest absolute Gasteiger partial charge is 0.310 e. The van der Waals surface area contributed by atoms with Crippen LogP contribution in [-0.2, 0) is 33.4 Å². The summed E-state index contributed by atoms with van der Waals surface area (Å²) < 4.78 is 22.6. The molecule has 1 unspecified atom stereocenters. The van der Waals surface area contributed by atoms with Gasteiger partial charge < -0.3 is 18.6 Å². The first-order valence-electron chi connectivity index (χ1n) is 14.6. The van der Waals surface area contributed by atoms with Gasteiger partial charge >= 0.3 is 17.9 Å². The van der Waals surface area contributed by atoms with Gasteiger partial charge in [0.2, 0.25) is 0 Å². The Kier molecular flexibility index (Phi) is 7.07. The lowest BCUT2D eigenvalue weighted by Crippen LogP contribution is -2.66. The third-order valence-corrected chi connectivity index (χ3v) is 11.1. The molecule has 0 aromatic carbocycles. The Bertz CT molecular complexity index is 1240. The van der Waals surface area contributed by atoms with Gasteiger partial charge in [-0.3, -0.25) is 19.2 Å². The van der Waals surface area contributed by atoms with Gasteiger partial charge in [0.05, 0.1) is 37.9 Å². The van der Waals surface area contributed by atoms with Crippen molar-refractivity contribution in [3.05, 3.63) is 35.3 Å². The fourth-order valence-corrected chi connectivity index (χ4v) is 8.60. The molecular weight excluding hydrogens is 512 g/mol. The molecule has 1 aliphatic heterocycles. The van der Waals surface area contributed by atoms with Crippen LogP contribution in [0, 0.1) is 39.9 Å². The Morgan fingerprint density at radius 3 is 2.52 bits per heavy atom. The normalized spacial score (nSPS) is 37.1. The predicted octanol–water partition coefficient (Wildman–Crippen LogP) is 5.75. The van der Waals surface area contributed by atoms with Gasteiger partial charge in [-0.1, -0.05) is 47.1 Å². The zero-order valence-corrected chi connectivity index (χ0v) is 24.7. The number of ether oxygens (including phenoxy) is 3. The SMILES string of the molecule is CC[C@@H](C)C(=O)O[C@@H]1[C@H]2CC3=C4CC(=O)O[C@@H](c5ccoc5)[C@]4(C)CCC3[C@@](C)(C2=O)[C@@H](CC(=O)OC)C1(C)C. The van der Waals surface area contributed by atoms with Crippen LogP contribution in [0.1, 0.15) is 91.7 Å². The molecule has 2 bridgehead atoms. The van der Waals surface area contributed by atoms with Crippen molar-refractivity contribution in [1.82, 2.24) is 0 Å². The van der Waals surface area contributed by atoms with E-state index in [2.05, 4.69) is 6.92 Å². The van der Waals surface area contributed by atoms with Crippen LogP contribution < -0.4 is 0 Å². The van der Waals surface area contributed by atoms with Crippen molar-refractivity contribution in [3.63, 3.8) is 0 Å². The molecule has 3 aliphatic carbocycles. The van der Waals surface area contributed by atoms with E-state index in [0.717, 1.165) is 29.6 Å². The molecular formula is C32H42O8. The second kappa shape index (κ2) is 9.88. The molecule has 40 heavy (non-hydrogen) atoms. The molecule has 2 saturated carbocycles. The largest absolute Gasteiger partial charge is 0.472 e. The fraction of sp³-hybridized carbons (Fsp3) is 0.688. The van der Waals surface area contributed by atoms with Gasteiger partial charge in [0.15, 0.2) is 0 Å². The summed E-state index contributed by atoms with van der Waals surface area (Å²) >= 11 is 0. The zero-order chi connectivity index (χ0) is 29.2. The minimum absolute atomic E-state index is 0.0467. The maximum Gasteiger partial charge on any atom is 0.310 e. The predicted molar refractivity (Wildman–Crippen MR) is 144 cm³/mol. The number of hydrogen-bond acceptors (Lipinski definition) is 8. The van der Waals surface area contributed by atoms with E-state index in [1.807, 2.05) is 40.7 Å². The lowest BCUT2D eigenvalue weighted by Gasteiger charge is -2.63. The number of furan rings is 1. The molecule has 1 aromatic heterocycles. The summed E-state index contributed by atoms with van der Waals surface area (Å²) in [7, 11) is 1.36. The highest BCUT2D eigenvalue weighted by Crippen LogP contribution is 2.68. The molecule has 218 valence electrons. The minimum atomic E-state index is -0.879. The highest BCUT2D eigenvalue weighted by Gasteiger charge is 2.68. The highest BCUT2D eigenvalue weighted by atomic mass is 16.6. The number of fused-ring (bicyclic) bond motifs is 5. The van der Waals surface area contributed by atoms with E-state index in [0.29, 0.717) is 12.8 Å². The Morgan fingerprint density at radius 2 is 1.90 bits per heavy atom. The van der Waals surface area contributed by atoms with Crippen molar-refractivity contribution in [2.45, 2.75) is 92.3 Å². The van der Waals surface area contributed by atoms with Gasteiger partial charge in [0.1, 0.15) is 18.0 Å². The number of carbonyl (C=O) groups is 4. The van der Waals surface area contributed by atoms with Gasteiger partial charge in [-0.2, -0.15) is 0 Å². The molecule has 0 radical (unpaired) electrons. The van der Waals surface area contributed by atoms with Gasteiger partial charge in [0, 0.05) is 28.2 Å². The van der Waals surface area contributed by atoms with Crippen LogP contribution in [0.5, 0.6) is 0 Å². The Labute approximate surface area is 236 Å². The van der Waals surface area contributed by atoms with Gasteiger partial charge in [-0.25, -0.2) is 0 Å². The van der Waals surface area contributed by atoms with Crippen LogP contribution in [0.15, 0.2) is 34.2 Å². The van der Waals surface area contributed by atoms with E-state index in [1.54, 1.807) is 12.5 Å². The molecule has 2 heterocycles. The van der Waals surface area contributed by atoms with E-state index in [-0.39, 0.29) is 48.4 Å². The molecule has 5 rings (SSSR count). The van der Waals surface area contributed by atoms with E-state index >= 15 is 0 Å². The number of cyclic esters (lactones) is 1. The molecule has 4 aliphatic rings. The molecule has 1 aromatic rings. The summed E-state index contributed by atoms with van der Waals surface area (Å²) in [5.41, 5.74) is 0.947. The van der Waals surface area contributed by atoms with Crippen molar-refractivity contribution in [2.75, 3.05) is 7.11 Å². The first kappa shape index (κ1) is 28.6. The number of allylic oxidation sites excluding steroid dienone is 1. The zero-order valence-electron chi connectivity index (χ0n) is 24.7. The molecule has 1 saturated heterocycles. The second-order valence-corrected chi connectivity index (χ2v) is 13.4. The monoisotopic (exact) mass is 554 g/mol. The van der Waals surface area contributed by atoms with E-state index in [4.69, 9.17) is 18.6 Å². The van der Waals surface area contributed by atoms with Crippen molar-refractivity contribution in [1.29, 1.82) is 0 Å². The summed E-state index contributed by atoms with van der Waals surface area (Å²) in [6.45, 7) is 11.9. The van der Waals surface area contributed by atoms with Crippen LogP contribution in [0.3, 0.4) is 0 Å². The van der Waals surface area contributed by atoms with Crippen LogP contribution in [-0.4, -0.2) is 36.9 Å². The third kappa shape index (κ3) is 4.07. The van der Waals surface area contributed by atoms with E-state index in [1.165, 1.54) is 7.11 Å². The van der Waals surface area contributed by atoms with Crippen molar-refractivity contribution in [2.24, 2.45) is 39.9 Å². The topological polar surface area (TPSA) is 109 Å². The summed E-state index contributed by atoms with van der Waals surface area (Å²) in [5.74, 6) is -2.39. The van der Waals surface area contributed by atoms with Gasteiger partial charge in [-0.15, -0.1) is 0 Å². The molecule has 0 spiro atoms. The summed E-state index contributed by atoms with van der Waals surface area (Å²) in [5, 5.41) is 0. The van der Waals surface area contributed by atoms with Crippen LogP contribution in [0.4, 0.5) is 0 Å². The maximum atomic E-state index is 14.5. The summed E-state index contributed by atoms with van der Waals surface area (Å²) in [6.07, 6.45) is 4.74. The average Bonchev–Trinajstić information content (AvgIpc) is 3.45. The van der Waals surface area contributed by atoms with Crippen LogP contribution in [0.2, 0.25) is 0 Å². The van der Waals surface area contributed by atoms with E-state index in [9.17, 15) is 19.2 Å². The highest BCUT2D eigenvalue weighted by molar-refractivity contribution is 5.92.